The summed E-state index contributed by atoms with van der Waals surface area (Å²) in [5, 5.41) is 0. The van der Waals surface area contributed by atoms with Crippen LogP contribution in [0.15, 0.2) is 109 Å². The maximum absolute atomic E-state index is 6.91. The van der Waals surface area contributed by atoms with Crippen LogP contribution in [0.4, 0.5) is 0 Å². The molecule has 0 saturated heterocycles. The average Bonchev–Trinajstić information content (AvgIpc) is 3.71. The lowest BCUT2D eigenvalue weighted by atomic mass is 9.65. The lowest BCUT2D eigenvalue weighted by Crippen LogP contribution is -2.32. The molecule has 9 rings (SSSR count). The van der Waals surface area contributed by atoms with Gasteiger partial charge in [-0.25, -0.2) is 0 Å². The number of hydrogen-bond donors (Lipinski definition) is 0. The standard InChI is InChI=1S/C39H32O/c1-24-20-32(27-18-16-26(17-19-27)31-23-25-14-15-28(31)22-25)38-36(21-24)39(35-12-6-7-13-37(35)40-38)33-10-4-2-8-29(33)30-9-3-5-11-34(30)39/h2-13,16-21,25,28,31H,14-15,22-23H2,1H3. The molecule has 3 atom stereocenters. The molecule has 0 aromatic heterocycles. The van der Waals surface area contributed by atoms with E-state index in [2.05, 4.69) is 116 Å². The van der Waals surface area contributed by atoms with Crippen molar-refractivity contribution < 1.29 is 4.74 Å². The van der Waals surface area contributed by atoms with E-state index in [-0.39, 0.29) is 0 Å². The van der Waals surface area contributed by atoms with Crippen LogP contribution in [0.25, 0.3) is 22.3 Å². The van der Waals surface area contributed by atoms with Crippen molar-refractivity contribution in [1.29, 1.82) is 0 Å². The molecule has 2 saturated carbocycles. The molecule has 4 aliphatic rings. The van der Waals surface area contributed by atoms with Gasteiger partial charge in [-0.1, -0.05) is 103 Å². The van der Waals surface area contributed by atoms with Crippen LogP contribution in [0.3, 0.4) is 0 Å². The van der Waals surface area contributed by atoms with Crippen LogP contribution >= 0.6 is 0 Å². The summed E-state index contributed by atoms with van der Waals surface area (Å²) in [6.45, 7) is 2.23. The van der Waals surface area contributed by atoms with Crippen LogP contribution in [-0.2, 0) is 5.41 Å². The summed E-state index contributed by atoms with van der Waals surface area (Å²) in [5.74, 6) is 4.54. The first-order valence-electron chi connectivity index (χ1n) is 14.9. The number of hydrogen-bond acceptors (Lipinski definition) is 1. The molecule has 1 nitrogen and oxygen atoms in total. The van der Waals surface area contributed by atoms with E-state index in [0.29, 0.717) is 0 Å². The first kappa shape index (κ1) is 22.7. The molecule has 194 valence electrons. The van der Waals surface area contributed by atoms with Crippen molar-refractivity contribution in [3.63, 3.8) is 0 Å². The summed E-state index contributed by atoms with van der Waals surface area (Å²) < 4.78 is 6.91. The highest BCUT2D eigenvalue weighted by Gasteiger charge is 2.51. The van der Waals surface area contributed by atoms with E-state index in [1.807, 2.05) is 0 Å². The van der Waals surface area contributed by atoms with Gasteiger partial charge in [0.1, 0.15) is 11.5 Å². The van der Waals surface area contributed by atoms with E-state index in [1.165, 1.54) is 81.3 Å². The second kappa shape index (κ2) is 8.21. The highest BCUT2D eigenvalue weighted by Crippen LogP contribution is 2.63. The zero-order chi connectivity index (χ0) is 26.4. The Hall–Kier alpha value is -4.10. The summed E-state index contributed by atoms with van der Waals surface area (Å²) in [4.78, 5) is 0. The van der Waals surface area contributed by atoms with Crippen molar-refractivity contribution in [3.05, 3.63) is 143 Å². The Balaban J connectivity index is 1.28. The number of rotatable bonds is 2. The second-order valence-electron chi connectivity index (χ2n) is 12.5. The van der Waals surface area contributed by atoms with Gasteiger partial charge in [0, 0.05) is 16.7 Å². The van der Waals surface area contributed by atoms with E-state index in [0.717, 1.165) is 29.3 Å². The summed E-state index contributed by atoms with van der Waals surface area (Å²) >= 11 is 0. The van der Waals surface area contributed by atoms with Crippen LogP contribution in [0, 0.1) is 18.8 Å². The summed E-state index contributed by atoms with van der Waals surface area (Å²) in [6, 6.07) is 40.8. The third-order valence-electron chi connectivity index (χ3n) is 10.5. The molecule has 1 heteroatoms. The average molecular weight is 517 g/mol. The predicted octanol–water partition coefficient (Wildman–Crippen LogP) is 10.0. The molecule has 1 heterocycles. The Morgan fingerprint density at radius 1 is 0.625 bits per heavy atom. The lowest BCUT2D eigenvalue weighted by molar-refractivity contribution is 0.420. The monoisotopic (exact) mass is 516 g/mol. The van der Waals surface area contributed by atoms with Gasteiger partial charge < -0.3 is 4.74 Å². The lowest BCUT2D eigenvalue weighted by Gasteiger charge is -2.40. The highest BCUT2D eigenvalue weighted by atomic mass is 16.5. The molecule has 1 aliphatic heterocycles. The van der Waals surface area contributed by atoms with Gasteiger partial charge in [0.15, 0.2) is 0 Å². The number of ether oxygens (including phenoxy) is 1. The minimum absolute atomic E-state index is 0.416. The zero-order valence-electron chi connectivity index (χ0n) is 22.9. The first-order chi connectivity index (χ1) is 19.7. The van der Waals surface area contributed by atoms with E-state index < -0.39 is 5.41 Å². The van der Waals surface area contributed by atoms with Gasteiger partial charge in [0.05, 0.1) is 5.41 Å². The fraction of sp³-hybridized carbons (Fsp3) is 0.231. The molecule has 2 fully saturated rings. The van der Waals surface area contributed by atoms with E-state index in [9.17, 15) is 0 Å². The fourth-order valence-corrected chi connectivity index (χ4v) is 8.87. The molecule has 3 aliphatic carbocycles. The maximum atomic E-state index is 6.91. The van der Waals surface area contributed by atoms with Crippen molar-refractivity contribution >= 4 is 0 Å². The molecule has 2 bridgehead atoms. The molecule has 1 spiro atoms. The smallest absolute Gasteiger partial charge is 0.140 e. The first-order valence-corrected chi connectivity index (χ1v) is 14.9. The predicted molar refractivity (Wildman–Crippen MR) is 162 cm³/mol. The van der Waals surface area contributed by atoms with Crippen molar-refractivity contribution in [3.8, 4) is 33.8 Å². The van der Waals surface area contributed by atoms with Crippen LogP contribution in [-0.4, -0.2) is 0 Å². The molecule has 0 N–H and O–H groups in total. The third kappa shape index (κ3) is 2.93. The number of aryl methyl sites for hydroxylation is 1. The van der Waals surface area contributed by atoms with Crippen molar-refractivity contribution in [2.75, 3.05) is 0 Å². The van der Waals surface area contributed by atoms with E-state index in [4.69, 9.17) is 4.74 Å². The molecule has 5 aromatic rings. The molecular formula is C39H32O. The normalized spacial score (nSPS) is 22.4. The summed E-state index contributed by atoms with van der Waals surface area (Å²) in [5.41, 5.74) is 12.6. The Labute approximate surface area is 236 Å². The van der Waals surface area contributed by atoms with Crippen LogP contribution < -0.4 is 4.74 Å². The number of para-hydroxylation sites is 1. The van der Waals surface area contributed by atoms with Gasteiger partial charge in [-0.3, -0.25) is 0 Å². The van der Waals surface area contributed by atoms with Crippen LogP contribution in [0.2, 0.25) is 0 Å². The van der Waals surface area contributed by atoms with Gasteiger partial charge in [-0.2, -0.15) is 0 Å². The largest absolute Gasteiger partial charge is 0.456 e. The summed E-state index contributed by atoms with van der Waals surface area (Å²) in [6.07, 6.45) is 5.68. The third-order valence-corrected chi connectivity index (χ3v) is 10.5. The number of benzene rings is 5. The van der Waals surface area contributed by atoms with Crippen LogP contribution in [0.5, 0.6) is 11.5 Å². The molecule has 5 aromatic carbocycles. The molecule has 0 radical (unpaired) electrons. The quantitative estimate of drug-likeness (QED) is 0.222. The molecule has 3 unspecified atom stereocenters. The van der Waals surface area contributed by atoms with E-state index >= 15 is 0 Å². The molecular weight excluding hydrogens is 484 g/mol. The van der Waals surface area contributed by atoms with Crippen molar-refractivity contribution in [1.82, 2.24) is 0 Å². The van der Waals surface area contributed by atoms with Crippen molar-refractivity contribution in [2.24, 2.45) is 11.8 Å². The van der Waals surface area contributed by atoms with Gasteiger partial charge in [0.25, 0.3) is 0 Å². The van der Waals surface area contributed by atoms with Gasteiger partial charge >= 0.3 is 0 Å². The van der Waals surface area contributed by atoms with Crippen LogP contribution in [0.1, 0.15) is 65.0 Å². The topological polar surface area (TPSA) is 9.23 Å². The number of fused-ring (bicyclic) bond motifs is 11. The Morgan fingerprint density at radius 3 is 1.98 bits per heavy atom. The van der Waals surface area contributed by atoms with Gasteiger partial charge in [-0.05, 0) is 95.0 Å². The molecule has 0 amide bonds. The molecule has 40 heavy (non-hydrogen) atoms. The fourth-order valence-electron chi connectivity index (χ4n) is 8.87. The van der Waals surface area contributed by atoms with E-state index in [1.54, 1.807) is 0 Å². The van der Waals surface area contributed by atoms with Gasteiger partial charge in [-0.15, -0.1) is 0 Å². The maximum Gasteiger partial charge on any atom is 0.140 e. The summed E-state index contributed by atoms with van der Waals surface area (Å²) in [7, 11) is 0. The Morgan fingerprint density at radius 2 is 1.30 bits per heavy atom. The SMILES string of the molecule is Cc1cc(-c2ccc(C3CC4CCC3C4)cc2)c2c(c1)C1(c3ccccc3O2)c2ccccc2-c2ccccc21. The second-order valence-corrected chi connectivity index (χ2v) is 12.5. The minimum atomic E-state index is -0.416. The zero-order valence-corrected chi connectivity index (χ0v) is 22.9. The minimum Gasteiger partial charge on any atom is -0.456 e. The highest BCUT2D eigenvalue weighted by molar-refractivity contribution is 5.90. The Kier molecular flexibility index (Phi) is 4.66. The Bertz CT molecular complexity index is 1760. The van der Waals surface area contributed by atoms with Gasteiger partial charge in [0.2, 0.25) is 0 Å². The van der Waals surface area contributed by atoms with Crippen molar-refractivity contribution in [2.45, 2.75) is 43.9 Å².